The van der Waals surface area contributed by atoms with Gasteiger partial charge in [-0.1, -0.05) is 6.08 Å². The maximum atomic E-state index is 12.5. The number of rotatable bonds is 3. The molecule has 3 rings (SSSR count). The number of amides is 2. The summed E-state index contributed by atoms with van der Waals surface area (Å²) < 4.78 is 0. The zero-order chi connectivity index (χ0) is 14.1. The number of pyridine rings is 1. The Bertz CT molecular complexity index is 543. The number of nitrogens with zero attached hydrogens (tertiary/aromatic N) is 3. The monoisotopic (exact) mass is 271 g/mol. The molecule has 2 saturated heterocycles. The van der Waals surface area contributed by atoms with Crippen LogP contribution in [0.1, 0.15) is 23.2 Å². The molecule has 2 atom stereocenters. The average molecular weight is 271 g/mol. The highest BCUT2D eigenvalue weighted by Crippen LogP contribution is 2.33. The third-order valence-corrected chi connectivity index (χ3v) is 4.13. The molecule has 0 aromatic carbocycles. The number of hydrogen-bond donors (Lipinski definition) is 0. The number of hydrogen-bond acceptors (Lipinski definition) is 3. The van der Waals surface area contributed by atoms with Crippen molar-refractivity contribution in [2.24, 2.45) is 0 Å². The first kappa shape index (κ1) is 12.8. The molecule has 1 aromatic heterocycles. The standard InChI is InChI=1S/C15H17N3O2/c1-2-8-17-12-5-9-18(13(12)10-14(17)19)15(20)11-3-6-16-7-4-11/h2-4,6-7,12-13H,1,5,8-10H2. The van der Waals surface area contributed by atoms with Gasteiger partial charge in [0.2, 0.25) is 5.91 Å². The lowest BCUT2D eigenvalue weighted by Crippen LogP contribution is -2.39. The molecule has 2 unspecified atom stereocenters. The van der Waals surface area contributed by atoms with Gasteiger partial charge in [0.05, 0.1) is 12.1 Å². The molecular formula is C15H17N3O2. The zero-order valence-electron chi connectivity index (χ0n) is 11.2. The van der Waals surface area contributed by atoms with E-state index in [2.05, 4.69) is 11.6 Å². The van der Waals surface area contributed by atoms with Crippen LogP contribution in [-0.2, 0) is 4.79 Å². The lowest BCUT2D eigenvalue weighted by molar-refractivity contribution is -0.128. The van der Waals surface area contributed by atoms with Gasteiger partial charge in [-0.05, 0) is 18.6 Å². The molecule has 0 bridgehead atoms. The second-order valence-electron chi connectivity index (χ2n) is 5.20. The predicted octanol–water partition coefficient (Wildman–Crippen LogP) is 1.08. The first-order valence-corrected chi connectivity index (χ1v) is 6.83. The van der Waals surface area contributed by atoms with E-state index in [1.54, 1.807) is 30.6 Å². The molecule has 2 fully saturated rings. The summed E-state index contributed by atoms with van der Waals surface area (Å²) in [4.78, 5) is 32.1. The summed E-state index contributed by atoms with van der Waals surface area (Å²) in [6, 6.07) is 3.58. The maximum Gasteiger partial charge on any atom is 0.254 e. The zero-order valence-corrected chi connectivity index (χ0v) is 11.2. The molecule has 2 aliphatic heterocycles. The van der Waals surface area contributed by atoms with Crippen LogP contribution in [0, 0.1) is 0 Å². The Labute approximate surface area is 117 Å². The van der Waals surface area contributed by atoms with E-state index in [0.29, 0.717) is 25.1 Å². The van der Waals surface area contributed by atoms with Crippen LogP contribution in [-0.4, -0.2) is 51.8 Å². The quantitative estimate of drug-likeness (QED) is 0.773. The lowest BCUT2D eigenvalue weighted by Gasteiger charge is -2.24. The molecule has 1 aromatic rings. The van der Waals surface area contributed by atoms with Gasteiger partial charge in [0.1, 0.15) is 0 Å². The molecule has 104 valence electrons. The first-order valence-electron chi connectivity index (χ1n) is 6.83. The van der Waals surface area contributed by atoms with Crippen molar-refractivity contribution in [2.45, 2.75) is 24.9 Å². The van der Waals surface area contributed by atoms with Crippen LogP contribution in [0.15, 0.2) is 37.2 Å². The van der Waals surface area contributed by atoms with Gasteiger partial charge >= 0.3 is 0 Å². The molecule has 0 radical (unpaired) electrons. The molecule has 0 spiro atoms. The molecule has 0 aliphatic carbocycles. The Morgan fingerprint density at radius 2 is 2.15 bits per heavy atom. The fourth-order valence-corrected chi connectivity index (χ4v) is 3.22. The van der Waals surface area contributed by atoms with Gasteiger partial charge in [-0.2, -0.15) is 0 Å². The first-order chi connectivity index (χ1) is 9.72. The van der Waals surface area contributed by atoms with Gasteiger partial charge in [0.25, 0.3) is 5.91 Å². The molecule has 2 amide bonds. The van der Waals surface area contributed by atoms with Gasteiger partial charge in [-0.3, -0.25) is 14.6 Å². The van der Waals surface area contributed by atoms with Crippen LogP contribution in [0.5, 0.6) is 0 Å². The van der Waals surface area contributed by atoms with E-state index < -0.39 is 0 Å². The summed E-state index contributed by atoms with van der Waals surface area (Å²) in [5.41, 5.74) is 0.635. The Kier molecular flexibility index (Phi) is 3.26. The Hall–Kier alpha value is -2.17. The van der Waals surface area contributed by atoms with Crippen molar-refractivity contribution in [3.8, 4) is 0 Å². The fraction of sp³-hybridized carbons (Fsp3) is 0.400. The van der Waals surface area contributed by atoms with Crippen molar-refractivity contribution in [2.75, 3.05) is 13.1 Å². The Balaban J connectivity index is 1.80. The van der Waals surface area contributed by atoms with Crippen LogP contribution >= 0.6 is 0 Å². The number of fused-ring (bicyclic) bond motifs is 1. The summed E-state index contributed by atoms with van der Waals surface area (Å²) >= 11 is 0. The van der Waals surface area contributed by atoms with Crippen LogP contribution in [0.4, 0.5) is 0 Å². The van der Waals surface area contributed by atoms with E-state index in [1.165, 1.54) is 0 Å². The summed E-state index contributed by atoms with van der Waals surface area (Å²) in [7, 11) is 0. The molecule has 3 heterocycles. The minimum Gasteiger partial charge on any atom is -0.334 e. The van der Waals surface area contributed by atoms with Crippen molar-refractivity contribution in [1.29, 1.82) is 0 Å². The summed E-state index contributed by atoms with van der Waals surface area (Å²) in [6.07, 6.45) is 6.25. The molecule has 2 aliphatic rings. The molecule has 0 N–H and O–H groups in total. The van der Waals surface area contributed by atoms with E-state index in [0.717, 1.165) is 6.42 Å². The van der Waals surface area contributed by atoms with Crippen LogP contribution in [0.3, 0.4) is 0 Å². The van der Waals surface area contributed by atoms with E-state index in [9.17, 15) is 9.59 Å². The number of aromatic nitrogens is 1. The smallest absolute Gasteiger partial charge is 0.254 e. The third-order valence-electron chi connectivity index (χ3n) is 4.13. The summed E-state index contributed by atoms with van der Waals surface area (Å²) in [5, 5.41) is 0. The molecule has 20 heavy (non-hydrogen) atoms. The minimum absolute atomic E-state index is 0.00288. The topological polar surface area (TPSA) is 53.5 Å². The van der Waals surface area contributed by atoms with E-state index in [1.807, 2.05) is 9.80 Å². The summed E-state index contributed by atoms with van der Waals surface area (Å²) in [6.45, 7) is 4.97. The van der Waals surface area contributed by atoms with Crippen molar-refractivity contribution >= 4 is 11.8 Å². The van der Waals surface area contributed by atoms with Crippen LogP contribution in [0.2, 0.25) is 0 Å². The normalized spacial score (nSPS) is 24.9. The van der Waals surface area contributed by atoms with Gasteiger partial charge in [0.15, 0.2) is 0 Å². The second kappa shape index (κ2) is 5.07. The van der Waals surface area contributed by atoms with Gasteiger partial charge < -0.3 is 9.80 Å². The minimum atomic E-state index is -0.00634. The number of carbonyl (C=O) groups is 2. The van der Waals surface area contributed by atoms with Gasteiger partial charge in [0, 0.05) is 37.5 Å². The van der Waals surface area contributed by atoms with Crippen LogP contribution in [0.25, 0.3) is 0 Å². The van der Waals surface area contributed by atoms with Crippen molar-refractivity contribution < 1.29 is 9.59 Å². The average Bonchev–Trinajstić information content (AvgIpc) is 3.00. The maximum absolute atomic E-state index is 12.5. The van der Waals surface area contributed by atoms with Crippen LogP contribution < -0.4 is 0 Å². The van der Waals surface area contributed by atoms with E-state index >= 15 is 0 Å². The SMILES string of the molecule is C=CCN1C(=O)CC2C1CCN2C(=O)c1ccncc1. The van der Waals surface area contributed by atoms with Gasteiger partial charge in [-0.15, -0.1) is 6.58 Å². The number of carbonyl (C=O) groups excluding carboxylic acids is 2. The van der Waals surface area contributed by atoms with Gasteiger partial charge in [-0.25, -0.2) is 0 Å². The highest BCUT2D eigenvalue weighted by Gasteiger charge is 2.47. The highest BCUT2D eigenvalue weighted by atomic mass is 16.2. The molecule has 0 saturated carbocycles. The largest absolute Gasteiger partial charge is 0.334 e. The third kappa shape index (κ3) is 1.99. The Morgan fingerprint density at radius 3 is 2.85 bits per heavy atom. The predicted molar refractivity (Wildman–Crippen MR) is 74.0 cm³/mol. The van der Waals surface area contributed by atoms with Crippen molar-refractivity contribution in [1.82, 2.24) is 14.8 Å². The van der Waals surface area contributed by atoms with Crippen molar-refractivity contribution in [3.63, 3.8) is 0 Å². The lowest BCUT2D eigenvalue weighted by atomic mass is 10.1. The van der Waals surface area contributed by atoms with Crippen molar-refractivity contribution in [3.05, 3.63) is 42.7 Å². The highest BCUT2D eigenvalue weighted by molar-refractivity contribution is 5.95. The number of likely N-dealkylation sites (tertiary alicyclic amines) is 2. The molecule has 5 heteroatoms. The van der Waals surface area contributed by atoms with E-state index in [-0.39, 0.29) is 23.9 Å². The molecular weight excluding hydrogens is 254 g/mol. The fourth-order valence-electron chi connectivity index (χ4n) is 3.22. The van der Waals surface area contributed by atoms with E-state index in [4.69, 9.17) is 0 Å². The Morgan fingerprint density at radius 1 is 1.40 bits per heavy atom. The summed E-state index contributed by atoms with van der Waals surface area (Å²) in [5.74, 6) is 0.111. The molecule has 5 nitrogen and oxygen atoms in total. The second-order valence-corrected chi connectivity index (χ2v) is 5.20.